The second-order valence-corrected chi connectivity index (χ2v) is 11.6. The number of hydrogen-bond acceptors (Lipinski definition) is 10. The van der Waals surface area contributed by atoms with E-state index in [0.29, 0.717) is 50.1 Å². The molecule has 224 valence electrons. The standard InChI is InChI=1S/C27H40Cl2N10O2/c1-4-17-16-38(25-22(29)34-21(24(31)35-25)26(40)32-10-5-11-36(2)3)14-15-39(17)18-8-12-37(13-9-18)27(41)19-6-7-20(28)33-23(19)30/h6-7,17-18H,4-5,8-16H2,1-3H3,(H2,30,33)(H2,31,35)(H,32,40)/t17-/m0/s1. The van der Waals surface area contributed by atoms with Crippen molar-refractivity contribution < 1.29 is 9.59 Å². The number of nitrogens with two attached hydrogens (primary N) is 2. The van der Waals surface area contributed by atoms with Gasteiger partial charge in [-0.15, -0.1) is 0 Å². The van der Waals surface area contributed by atoms with Gasteiger partial charge in [0.25, 0.3) is 11.8 Å². The molecule has 14 heteroatoms. The lowest BCUT2D eigenvalue weighted by Crippen LogP contribution is -2.58. The first-order chi connectivity index (χ1) is 19.6. The highest BCUT2D eigenvalue weighted by Crippen LogP contribution is 2.30. The van der Waals surface area contributed by atoms with Crippen molar-refractivity contribution in [2.75, 3.05) is 76.3 Å². The van der Waals surface area contributed by atoms with Gasteiger partial charge in [-0.3, -0.25) is 14.5 Å². The fraction of sp³-hybridized carbons (Fsp3) is 0.593. The fourth-order valence-corrected chi connectivity index (χ4v) is 5.98. The van der Waals surface area contributed by atoms with Gasteiger partial charge in [-0.1, -0.05) is 30.1 Å². The molecule has 2 aromatic heterocycles. The Bertz CT molecular complexity index is 1240. The molecule has 2 saturated heterocycles. The van der Waals surface area contributed by atoms with Crippen molar-refractivity contribution >= 4 is 52.5 Å². The molecule has 2 aliphatic rings. The smallest absolute Gasteiger partial charge is 0.273 e. The molecule has 0 aromatic carbocycles. The molecule has 0 unspecified atom stereocenters. The first-order valence-electron chi connectivity index (χ1n) is 14.1. The van der Waals surface area contributed by atoms with Crippen LogP contribution in [0.2, 0.25) is 10.3 Å². The summed E-state index contributed by atoms with van der Waals surface area (Å²) >= 11 is 12.4. The van der Waals surface area contributed by atoms with E-state index in [1.54, 1.807) is 12.1 Å². The number of likely N-dealkylation sites (tertiary alicyclic amines) is 1. The van der Waals surface area contributed by atoms with Gasteiger partial charge in [0.15, 0.2) is 22.5 Å². The summed E-state index contributed by atoms with van der Waals surface area (Å²) in [6, 6.07) is 3.85. The highest BCUT2D eigenvalue weighted by atomic mass is 35.5. The summed E-state index contributed by atoms with van der Waals surface area (Å²) in [6.45, 7) is 7.07. The number of nitrogens with zero attached hydrogens (tertiary/aromatic N) is 7. The number of nitrogen functional groups attached to an aromatic ring is 2. The molecule has 0 saturated carbocycles. The van der Waals surface area contributed by atoms with Crippen molar-refractivity contribution in [3.63, 3.8) is 0 Å². The van der Waals surface area contributed by atoms with Crippen LogP contribution in [0.3, 0.4) is 0 Å². The van der Waals surface area contributed by atoms with Gasteiger partial charge in [-0.05, 0) is 58.5 Å². The molecule has 5 N–H and O–H groups in total. The number of aromatic nitrogens is 3. The van der Waals surface area contributed by atoms with Crippen molar-refractivity contribution in [3.8, 4) is 0 Å². The van der Waals surface area contributed by atoms with Crippen LogP contribution in [0, 0.1) is 0 Å². The van der Waals surface area contributed by atoms with Gasteiger partial charge in [-0.25, -0.2) is 15.0 Å². The Morgan fingerprint density at radius 3 is 2.44 bits per heavy atom. The van der Waals surface area contributed by atoms with Crippen molar-refractivity contribution in [3.05, 3.63) is 33.7 Å². The van der Waals surface area contributed by atoms with Crippen LogP contribution in [-0.2, 0) is 0 Å². The Kier molecular flexibility index (Phi) is 10.5. The lowest BCUT2D eigenvalue weighted by molar-refractivity contribution is 0.0491. The van der Waals surface area contributed by atoms with Crippen LogP contribution >= 0.6 is 23.2 Å². The van der Waals surface area contributed by atoms with Crippen molar-refractivity contribution in [1.29, 1.82) is 0 Å². The quantitative estimate of drug-likeness (QED) is 0.286. The highest BCUT2D eigenvalue weighted by molar-refractivity contribution is 6.32. The number of pyridine rings is 1. The Morgan fingerprint density at radius 2 is 1.78 bits per heavy atom. The molecule has 0 radical (unpaired) electrons. The minimum absolute atomic E-state index is 0.0479. The molecule has 0 bridgehead atoms. The molecule has 4 rings (SSSR count). The lowest BCUT2D eigenvalue weighted by Gasteiger charge is -2.47. The topological polar surface area (TPSA) is 150 Å². The van der Waals surface area contributed by atoms with Crippen LogP contribution in [0.15, 0.2) is 12.1 Å². The van der Waals surface area contributed by atoms with Crippen LogP contribution in [0.25, 0.3) is 0 Å². The number of carbonyl (C=O) groups excluding carboxylic acids is 2. The van der Waals surface area contributed by atoms with Crippen LogP contribution in [0.4, 0.5) is 17.5 Å². The van der Waals surface area contributed by atoms with E-state index in [2.05, 4.69) is 41.9 Å². The molecule has 12 nitrogen and oxygen atoms in total. The van der Waals surface area contributed by atoms with E-state index in [0.717, 1.165) is 38.8 Å². The summed E-state index contributed by atoms with van der Waals surface area (Å²) < 4.78 is 0. The van der Waals surface area contributed by atoms with Crippen LogP contribution in [0.1, 0.15) is 53.5 Å². The Morgan fingerprint density at radius 1 is 1.05 bits per heavy atom. The molecular formula is C27H40Cl2N10O2. The zero-order valence-electron chi connectivity index (χ0n) is 23.9. The van der Waals surface area contributed by atoms with Crippen molar-refractivity contribution in [2.45, 2.75) is 44.7 Å². The molecule has 41 heavy (non-hydrogen) atoms. The second kappa shape index (κ2) is 13.8. The number of anilines is 3. The lowest BCUT2D eigenvalue weighted by atomic mass is 9.97. The average Bonchev–Trinajstić information content (AvgIpc) is 2.95. The number of hydrogen-bond donors (Lipinski definition) is 3. The van der Waals surface area contributed by atoms with E-state index in [4.69, 9.17) is 34.7 Å². The fourth-order valence-electron chi connectivity index (χ4n) is 5.58. The number of piperidine rings is 1. The van der Waals surface area contributed by atoms with Gasteiger partial charge in [-0.2, -0.15) is 0 Å². The number of rotatable bonds is 9. The van der Waals surface area contributed by atoms with Gasteiger partial charge < -0.3 is 31.5 Å². The van der Waals surface area contributed by atoms with Gasteiger partial charge >= 0.3 is 0 Å². The van der Waals surface area contributed by atoms with Gasteiger partial charge in [0.05, 0.1) is 5.56 Å². The number of carbonyl (C=O) groups is 2. The zero-order chi connectivity index (χ0) is 29.7. The number of nitrogens with one attached hydrogen (secondary N) is 1. The summed E-state index contributed by atoms with van der Waals surface area (Å²) in [5.41, 5.74) is 12.5. The summed E-state index contributed by atoms with van der Waals surface area (Å²) in [5.74, 6) is 0.235. The normalized spacial score (nSPS) is 18.6. The minimum Gasteiger partial charge on any atom is -0.383 e. The van der Waals surface area contributed by atoms with Crippen LogP contribution < -0.4 is 21.7 Å². The monoisotopic (exact) mass is 606 g/mol. The average molecular weight is 608 g/mol. The Balaban J connectivity index is 1.35. The number of piperazine rings is 1. The van der Waals surface area contributed by atoms with Gasteiger partial charge in [0.2, 0.25) is 0 Å². The van der Waals surface area contributed by atoms with E-state index in [-0.39, 0.29) is 45.5 Å². The Hall–Kier alpha value is -2.93. The maximum Gasteiger partial charge on any atom is 0.273 e. The van der Waals surface area contributed by atoms with E-state index in [1.807, 2.05) is 19.0 Å². The minimum atomic E-state index is -0.377. The Labute approximate surface area is 251 Å². The molecule has 2 aromatic rings. The van der Waals surface area contributed by atoms with E-state index in [1.165, 1.54) is 0 Å². The van der Waals surface area contributed by atoms with E-state index >= 15 is 0 Å². The maximum atomic E-state index is 13.0. The van der Waals surface area contributed by atoms with E-state index < -0.39 is 0 Å². The summed E-state index contributed by atoms with van der Waals surface area (Å²) in [5, 5.41) is 3.28. The number of amides is 2. The second-order valence-electron chi connectivity index (χ2n) is 10.8. The van der Waals surface area contributed by atoms with Crippen molar-refractivity contribution in [1.82, 2.24) is 35.0 Å². The highest BCUT2D eigenvalue weighted by Gasteiger charge is 2.35. The molecule has 0 spiro atoms. The van der Waals surface area contributed by atoms with Crippen molar-refractivity contribution in [2.24, 2.45) is 0 Å². The van der Waals surface area contributed by atoms with Gasteiger partial charge in [0, 0.05) is 51.4 Å². The summed E-state index contributed by atoms with van der Waals surface area (Å²) in [6.07, 6.45) is 3.49. The molecule has 2 amide bonds. The maximum absolute atomic E-state index is 13.0. The first-order valence-corrected chi connectivity index (χ1v) is 14.8. The molecule has 1 atom stereocenters. The third kappa shape index (κ3) is 7.48. The number of halogens is 2. The van der Waals surface area contributed by atoms with Crippen LogP contribution in [-0.4, -0.2) is 113 Å². The molecule has 2 aliphatic heterocycles. The summed E-state index contributed by atoms with van der Waals surface area (Å²) in [4.78, 5) is 47.0. The predicted molar refractivity (Wildman–Crippen MR) is 163 cm³/mol. The molecule has 4 heterocycles. The molecule has 0 aliphatic carbocycles. The zero-order valence-corrected chi connectivity index (χ0v) is 25.5. The van der Waals surface area contributed by atoms with Gasteiger partial charge in [0.1, 0.15) is 11.0 Å². The largest absolute Gasteiger partial charge is 0.383 e. The molecule has 2 fully saturated rings. The third-order valence-corrected chi connectivity index (χ3v) is 8.25. The van der Waals surface area contributed by atoms with Crippen LogP contribution in [0.5, 0.6) is 0 Å². The first kappa shape index (κ1) is 31.0. The third-order valence-electron chi connectivity index (χ3n) is 7.79. The molecular weight excluding hydrogens is 567 g/mol. The predicted octanol–water partition coefficient (Wildman–Crippen LogP) is 2.23. The SMILES string of the molecule is CC[C@H]1CN(c2nc(N)c(C(=O)NCCCN(C)C)nc2Cl)CCN1C1CCN(C(=O)c2ccc(Cl)nc2N)CC1. The summed E-state index contributed by atoms with van der Waals surface area (Å²) in [7, 11) is 3.97. The van der Waals surface area contributed by atoms with E-state index in [9.17, 15) is 9.59 Å².